The second-order valence-electron chi connectivity index (χ2n) is 9.34. The lowest BCUT2D eigenvalue weighted by Gasteiger charge is -2.19. The number of hydrogen-bond acceptors (Lipinski definition) is 2. The van der Waals surface area contributed by atoms with E-state index in [0.29, 0.717) is 35.9 Å². The van der Waals surface area contributed by atoms with Crippen LogP contribution >= 0.6 is 0 Å². The Morgan fingerprint density at radius 2 is 1.11 bits per heavy atom. The summed E-state index contributed by atoms with van der Waals surface area (Å²) in [5.74, 6) is -1.61. The number of ether oxygens (including phenoxy) is 2. The highest BCUT2D eigenvalue weighted by molar-refractivity contribution is 5.48. The lowest BCUT2D eigenvalue weighted by molar-refractivity contribution is -0.276. The van der Waals surface area contributed by atoms with Crippen molar-refractivity contribution in [3.8, 4) is 35.2 Å². The average molecular weight is 636 g/mol. The van der Waals surface area contributed by atoms with Crippen LogP contribution in [0.25, 0.3) is 0 Å². The van der Waals surface area contributed by atoms with E-state index in [9.17, 15) is 43.9 Å². The molecule has 0 aliphatic carbocycles. The van der Waals surface area contributed by atoms with Crippen molar-refractivity contribution in [1.82, 2.24) is 0 Å². The molecule has 4 rings (SSSR count). The summed E-state index contributed by atoms with van der Waals surface area (Å²) in [6.45, 7) is 2.04. The van der Waals surface area contributed by atoms with Gasteiger partial charge in [0.2, 0.25) is 5.75 Å². The molecule has 232 valence electrons. The highest BCUT2D eigenvalue weighted by Gasteiger charge is 2.38. The van der Waals surface area contributed by atoms with Gasteiger partial charge in [0.25, 0.3) is 0 Å². The number of halogens is 10. The molecule has 0 aliphatic heterocycles. The molecular formula is C33H18F10O2. The molecule has 0 N–H and O–H groups in total. The van der Waals surface area contributed by atoms with E-state index in [4.69, 9.17) is 0 Å². The third-order valence-corrected chi connectivity index (χ3v) is 5.94. The molecule has 0 heterocycles. The third kappa shape index (κ3) is 8.51. The van der Waals surface area contributed by atoms with Crippen molar-refractivity contribution in [1.29, 1.82) is 0 Å². The number of aryl methyl sites for hydroxylation is 1. The molecule has 0 bridgehead atoms. The van der Waals surface area contributed by atoms with Gasteiger partial charge in [0.05, 0.1) is 5.56 Å². The van der Waals surface area contributed by atoms with E-state index in [2.05, 4.69) is 21.3 Å². The number of alkyl halides is 5. The molecule has 4 aromatic rings. The van der Waals surface area contributed by atoms with Gasteiger partial charge in [0.1, 0.15) is 28.8 Å². The second-order valence-corrected chi connectivity index (χ2v) is 9.34. The minimum atomic E-state index is -5.40. The smallest absolute Gasteiger partial charge is 0.429 e. The van der Waals surface area contributed by atoms with Crippen LogP contribution in [0.4, 0.5) is 43.9 Å². The van der Waals surface area contributed by atoms with Gasteiger partial charge in [-0.2, -0.15) is 8.78 Å². The molecule has 0 unspecified atom stereocenters. The van der Waals surface area contributed by atoms with Crippen molar-refractivity contribution >= 4 is 0 Å². The maximum atomic E-state index is 14.8. The van der Waals surface area contributed by atoms with E-state index >= 15 is 0 Å². The van der Waals surface area contributed by atoms with Crippen LogP contribution in [0.1, 0.15) is 46.7 Å². The summed E-state index contributed by atoms with van der Waals surface area (Å²) in [5, 5.41) is 0. The summed E-state index contributed by atoms with van der Waals surface area (Å²) < 4.78 is 146. The van der Waals surface area contributed by atoms with E-state index in [-0.39, 0.29) is 5.56 Å². The standard InChI is InChI=1S/C33H18F10O2/c1-2-3-19-4-6-20(7-5-19)8-9-21-11-13-25(28(36)14-21)32(39,40)44-23-17-26(34)24(27(35)18-23)12-10-22-15-29(37)31(30(38)16-22)45-33(41,42)43/h4-7,11,13-18H,2-3H2,1H3. The first-order chi connectivity index (χ1) is 21.1. The maximum absolute atomic E-state index is 14.8. The van der Waals surface area contributed by atoms with E-state index in [1.165, 1.54) is 0 Å². The van der Waals surface area contributed by atoms with E-state index in [0.717, 1.165) is 30.5 Å². The van der Waals surface area contributed by atoms with E-state index in [1.807, 2.05) is 30.9 Å². The van der Waals surface area contributed by atoms with Gasteiger partial charge in [0.15, 0.2) is 11.6 Å². The Morgan fingerprint density at radius 3 is 1.67 bits per heavy atom. The molecule has 0 spiro atoms. The minimum Gasteiger partial charge on any atom is -0.429 e. The van der Waals surface area contributed by atoms with Crippen LogP contribution in [0.2, 0.25) is 0 Å². The predicted octanol–water partition coefficient (Wildman–Crippen LogP) is 9.16. The topological polar surface area (TPSA) is 18.5 Å². The first kappa shape index (κ1) is 32.8. The molecule has 0 radical (unpaired) electrons. The van der Waals surface area contributed by atoms with Crippen LogP contribution in [0.3, 0.4) is 0 Å². The Kier molecular flexibility index (Phi) is 9.67. The van der Waals surface area contributed by atoms with Crippen LogP contribution in [-0.4, -0.2) is 6.36 Å². The largest absolute Gasteiger partial charge is 0.573 e. The minimum absolute atomic E-state index is 0.0759. The molecule has 0 saturated heterocycles. The molecular weight excluding hydrogens is 618 g/mol. The fraction of sp³-hybridized carbons (Fsp3) is 0.152. The molecule has 0 aromatic heterocycles. The van der Waals surface area contributed by atoms with Crippen LogP contribution in [0.15, 0.2) is 66.7 Å². The maximum Gasteiger partial charge on any atom is 0.573 e. The van der Waals surface area contributed by atoms with Crippen LogP contribution in [-0.2, 0) is 12.5 Å². The van der Waals surface area contributed by atoms with Gasteiger partial charge >= 0.3 is 12.5 Å². The Bertz CT molecular complexity index is 1790. The van der Waals surface area contributed by atoms with Crippen LogP contribution in [0.5, 0.6) is 11.5 Å². The Hall–Kier alpha value is -5.10. The summed E-state index contributed by atoms with van der Waals surface area (Å²) in [6, 6.07) is 11.2. The van der Waals surface area contributed by atoms with Gasteiger partial charge in [-0.1, -0.05) is 49.2 Å². The predicted molar refractivity (Wildman–Crippen MR) is 143 cm³/mol. The van der Waals surface area contributed by atoms with Gasteiger partial charge in [-0.05, 0) is 54.4 Å². The lowest BCUT2D eigenvalue weighted by Crippen LogP contribution is -2.23. The number of rotatable bonds is 6. The van der Waals surface area contributed by atoms with Crippen LogP contribution in [0, 0.1) is 52.8 Å². The SMILES string of the molecule is CCCc1ccc(C#Cc2ccc(C(F)(F)Oc3cc(F)c(C#Cc4cc(F)c(OC(F)(F)F)c(F)c4)c(F)c3)c(F)c2)cc1. The van der Waals surface area contributed by atoms with Gasteiger partial charge < -0.3 is 9.47 Å². The summed E-state index contributed by atoms with van der Waals surface area (Å²) in [5.41, 5.74) is -1.10. The molecule has 0 fully saturated rings. The normalized spacial score (nSPS) is 11.3. The second kappa shape index (κ2) is 13.3. The zero-order valence-electron chi connectivity index (χ0n) is 22.9. The van der Waals surface area contributed by atoms with Crippen molar-refractivity contribution < 1.29 is 53.4 Å². The molecule has 0 amide bonds. The van der Waals surface area contributed by atoms with Gasteiger partial charge in [0, 0.05) is 28.8 Å². The zero-order valence-corrected chi connectivity index (χ0v) is 22.9. The molecule has 0 aliphatic rings. The van der Waals surface area contributed by atoms with Crippen molar-refractivity contribution in [3.05, 3.63) is 129 Å². The summed E-state index contributed by atoms with van der Waals surface area (Å²) in [6.07, 6.45) is -7.93. The quantitative estimate of drug-likeness (QED) is 0.155. The van der Waals surface area contributed by atoms with Crippen LogP contribution < -0.4 is 9.47 Å². The molecule has 4 aromatic carbocycles. The fourth-order valence-electron chi connectivity index (χ4n) is 3.93. The summed E-state index contributed by atoms with van der Waals surface area (Å²) in [4.78, 5) is 0. The summed E-state index contributed by atoms with van der Waals surface area (Å²) in [7, 11) is 0. The molecule has 0 saturated carbocycles. The molecule has 2 nitrogen and oxygen atoms in total. The number of benzene rings is 4. The molecule has 45 heavy (non-hydrogen) atoms. The fourth-order valence-corrected chi connectivity index (χ4v) is 3.93. The summed E-state index contributed by atoms with van der Waals surface area (Å²) >= 11 is 0. The van der Waals surface area contributed by atoms with Crippen molar-refractivity contribution in [2.45, 2.75) is 32.2 Å². The first-order valence-electron chi connectivity index (χ1n) is 12.9. The zero-order chi connectivity index (χ0) is 32.9. The molecule has 12 heteroatoms. The highest BCUT2D eigenvalue weighted by Crippen LogP contribution is 2.35. The van der Waals surface area contributed by atoms with E-state index < -0.39 is 69.7 Å². The van der Waals surface area contributed by atoms with E-state index in [1.54, 1.807) is 12.1 Å². The van der Waals surface area contributed by atoms with Crippen molar-refractivity contribution in [3.63, 3.8) is 0 Å². The first-order valence-corrected chi connectivity index (χ1v) is 12.9. The Morgan fingerprint density at radius 1 is 0.578 bits per heavy atom. The van der Waals surface area contributed by atoms with Gasteiger partial charge in [-0.25, -0.2) is 22.0 Å². The lowest BCUT2D eigenvalue weighted by atomic mass is 10.1. The van der Waals surface area contributed by atoms with Crippen molar-refractivity contribution in [2.75, 3.05) is 0 Å². The monoisotopic (exact) mass is 636 g/mol. The Labute approximate surface area is 250 Å². The van der Waals surface area contributed by atoms with Gasteiger partial charge in [-0.15, -0.1) is 13.2 Å². The Balaban J connectivity index is 1.51. The van der Waals surface area contributed by atoms with Crippen molar-refractivity contribution in [2.24, 2.45) is 0 Å². The molecule has 0 atom stereocenters. The highest BCUT2D eigenvalue weighted by atomic mass is 19.4. The van der Waals surface area contributed by atoms with Gasteiger partial charge in [-0.3, -0.25) is 0 Å². The third-order valence-electron chi connectivity index (χ3n) is 5.94. The number of hydrogen-bond donors (Lipinski definition) is 0. The average Bonchev–Trinajstić information content (AvgIpc) is 2.93.